The maximum atomic E-state index is 8.35. The minimum Gasteiger partial charge on any atom is -0.274 e. The summed E-state index contributed by atoms with van der Waals surface area (Å²) in [6.45, 7) is 0. The van der Waals surface area contributed by atoms with E-state index < -0.39 is 0 Å². The van der Waals surface area contributed by atoms with Crippen molar-refractivity contribution in [2.45, 2.75) is 4.90 Å². The molecule has 0 saturated heterocycles. The number of pyridine rings is 1. The fraction of sp³-hybridized carbons (Fsp3) is 0. The lowest BCUT2D eigenvalue weighted by Gasteiger charge is -1.91. The lowest BCUT2D eigenvalue weighted by molar-refractivity contribution is 1.20. The predicted molar refractivity (Wildman–Crippen MR) is 39.0 cm³/mol. The highest BCUT2D eigenvalue weighted by Crippen LogP contribution is 2.08. The molecule has 0 saturated carbocycles. The first-order valence-corrected chi connectivity index (χ1v) is 3.47. The molecule has 0 atom stereocenters. The number of nitrogens with zero attached hydrogens (tertiary/aromatic N) is 2. The molecule has 0 fully saturated rings. The Morgan fingerprint density at radius 2 is 2.40 bits per heavy atom. The average molecular weight is 151 g/mol. The van der Waals surface area contributed by atoms with Gasteiger partial charge in [-0.1, -0.05) is 0 Å². The van der Waals surface area contributed by atoms with Crippen molar-refractivity contribution in [3.8, 4) is 6.07 Å². The zero-order valence-electron chi connectivity index (χ0n) is 5.11. The van der Waals surface area contributed by atoms with Crippen molar-refractivity contribution in [1.29, 1.82) is 5.26 Å². The van der Waals surface area contributed by atoms with Crippen molar-refractivity contribution >= 4 is 11.9 Å². The van der Waals surface area contributed by atoms with E-state index in [-0.39, 0.29) is 0 Å². The zero-order valence-corrected chi connectivity index (χ0v) is 5.93. The van der Waals surface area contributed by atoms with E-state index in [9.17, 15) is 0 Å². The highest BCUT2D eigenvalue weighted by molar-refractivity contribution is 7.97. The Morgan fingerprint density at radius 1 is 1.60 bits per heavy atom. The van der Waals surface area contributed by atoms with Gasteiger partial charge in [-0.15, -0.1) is 0 Å². The van der Waals surface area contributed by atoms with Gasteiger partial charge in [0.05, 0.1) is 0 Å². The van der Waals surface area contributed by atoms with Crippen LogP contribution >= 0.6 is 11.9 Å². The second kappa shape index (κ2) is 3.20. The summed E-state index contributed by atoms with van der Waals surface area (Å²) in [5.74, 6) is 0. The van der Waals surface area contributed by atoms with Crippen molar-refractivity contribution in [3.05, 3.63) is 24.0 Å². The van der Waals surface area contributed by atoms with Gasteiger partial charge in [-0.2, -0.15) is 5.26 Å². The van der Waals surface area contributed by atoms with Gasteiger partial charge in [-0.05, 0) is 24.1 Å². The molecule has 2 N–H and O–H groups in total. The molecule has 1 aromatic rings. The largest absolute Gasteiger partial charge is 0.274 e. The fourth-order valence-electron chi connectivity index (χ4n) is 0.516. The molecule has 0 unspecified atom stereocenters. The number of aromatic nitrogens is 1. The van der Waals surface area contributed by atoms with Gasteiger partial charge in [0.2, 0.25) is 0 Å². The molecule has 50 valence electrons. The third kappa shape index (κ3) is 1.47. The Bertz CT molecular complexity index is 249. The van der Waals surface area contributed by atoms with E-state index in [4.69, 9.17) is 10.4 Å². The Kier molecular flexibility index (Phi) is 2.26. The molecule has 0 aliphatic rings. The molecule has 0 aromatic carbocycles. The Labute approximate surface area is 63.0 Å². The van der Waals surface area contributed by atoms with Crippen molar-refractivity contribution in [1.82, 2.24) is 4.98 Å². The summed E-state index contributed by atoms with van der Waals surface area (Å²) < 4.78 is 0. The van der Waals surface area contributed by atoms with Gasteiger partial charge in [0.15, 0.2) is 0 Å². The molecule has 1 aromatic heterocycles. The molecule has 1 heterocycles. The van der Waals surface area contributed by atoms with Crippen molar-refractivity contribution < 1.29 is 0 Å². The van der Waals surface area contributed by atoms with Crippen LogP contribution in [0.5, 0.6) is 0 Å². The highest BCUT2D eigenvalue weighted by Gasteiger charge is 1.91. The summed E-state index contributed by atoms with van der Waals surface area (Å²) in [5.41, 5.74) is 0.415. The topological polar surface area (TPSA) is 62.7 Å². The quantitative estimate of drug-likeness (QED) is 0.606. The minimum absolute atomic E-state index is 0.415. The number of nitrogens with two attached hydrogens (primary N) is 1. The summed E-state index contributed by atoms with van der Waals surface area (Å²) in [4.78, 5) is 4.67. The lowest BCUT2D eigenvalue weighted by Crippen LogP contribution is -1.83. The molecular weight excluding hydrogens is 146 g/mol. The normalized spacial score (nSPS) is 8.80. The van der Waals surface area contributed by atoms with Gasteiger partial charge in [0, 0.05) is 11.1 Å². The summed E-state index contributed by atoms with van der Waals surface area (Å²) in [7, 11) is 0. The number of hydrogen-bond donors (Lipinski definition) is 1. The van der Waals surface area contributed by atoms with E-state index in [0.29, 0.717) is 5.69 Å². The van der Waals surface area contributed by atoms with Crippen LogP contribution in [0.2, 0.25) is 0 Å². The molecule has 3 nitrogen and oxygen atoms in total. The smallest absolute Gasteiger partial charge is 0.140 e. The molecule has 0 spiro atoms. The van der Waals surface area contributed by atoms with Crippen LogP contribution in [0.3, 0.4) is 0 Å². The SMILES string of the molecule is N#Cc1ccc(SN)cn1. The van der Waals surface area contributed by atoms with Gasteiger partial charge in [0.25, 0.3) is 0 Å². The molecule has 0 aliphatic carbocycles. The summed E-state index contributed by atoms with van der Waals surface area (Å²) >= 11 is 1.12. The molecule has 0 bridgehead atoms. The van der Waals surface area contributed by atoms with Crippen LogP contribution in [0.1, 0.15) is 5.69 Å². The van der Waals surface area contributed by atoms with E-state index in [0.717, 1.165) is 16.8 Å². The molecular formula is C6H5N3S. The number of nitriles is 1. The molecule has 0 aliphatic heterocycles. The second-order valence-electron chi connectivity index (χ2n) is 1.61. The zero-order chi connectivity index (χ0) is 7.40. The van der Waals surface area contributed by atoms with Gasteiger partial charge in [0.1, 0.15) is 11.8 Å². The molecule has 10 heavy (non-hydrogen) atoms. The molecule has 0 amide bonds. The molecule has 0 radical (unpaired) electrons. The van der Waals surface area contributed by atoms with E-state index in [1.807, 2.05) is 6.07 Å². The van der Waals surface area contributed by atoms with Crippen LogP contribution in [0.4, 0.5) is 0 Å². The summed E-state index contributed by atoms with van der Waals surface area (Å²) in [6.07, 6.45) is 1.57. The van der Waals surface area contributed by atoms with E-state index in [1.165, 1.54) is 0 Å². The first kappa shape index (κ1) is 7.06. The first-order chi connectivity index (χ1) is 4.86. The lowest BCUT2D eigenvalue weighted by atomic mass is 10.4. The van der Waals surface area contributed by atoms with Crippen LogP contribution in [-0.4, -0.2) is 4.98 Å². The Morgan fingerprint density at radius 3 is 2.80 bits per heavy atom. The van der Waals surface area contributed by atoms with E-state index >= 15 is 0 Å². The Hall–Kier alpha value is -1.05. The van der Waals surface area contributed by atoms with Gasteiger partial charge in [-0.3, -0.25) is 5.14 Å². The van der Waals surface area contributed by atoms with Crippen molar-refractivity contribution in [2.75, 3.05) is 0 Å². The van der Waals surface area contributed by atoms with Crippen LogP contribution in [-0.2, 0) is 0 Å². The fourth-order valence-corrected chi connectivity index (χ4v) is 0.776. The van der Waals surface area contributed by atoms with Crippen LogP contribution < -0.4 is 5.14 Å². The standard InChI is InChI=1S/C6H5N3S/c7-3-5-1-2-6(10-8)4-9-5/h1-2,4H,8H2. The van der Waals surface area contributed by atoms with E-state index in [1.54, 1.807) is 18.3 Å². The third-order valence-corrected chi connectivity index (χ3v) is 1.50. The summed E-state index contributed by atoms with van der Waals surface area (Å²) in [6, 6.07) is 5.31. The third-order valence-electron chi connectivity index (χ3n) is 0.987. The van der Waals surface area contributed by atoms with Crippen LogP contribution in [0.25, 0.3) is 0 Å². The molecule has 4 heteroatoms. The first-order valence-electron chi connectivity index (χ1n) is 2.59. The van der Waals surface area contributed by atoms with Crippen molar-refractivity contribution in [2.24, 2.45) is 5.14 Å². The maximum absolute atomic E-state index is 8.35. The summed E-state index contributed by atoms with van der Waals surface area (Å²) in [5, 5.41) is 13.6. The van der Waals surface area contributed by atoms with Crippen LogP contribution in [0.15, 0.2) is 23.2 Å². The maximum Gasteiger partial charge on any atom is 0.140 e. The van der Waals surface area contributed by atoms with E-state index in [2.05, 4.69) is 4.98 Å². The number of rotatable bonds is 1. The highest BCUT2D eigenvalue weighted by atomic mass is 32.2. The van der Waals surface area contributed by atoms with Gasteiger partial charge in [-0.25, -0.2) is 4.98 Å². The second-order valence-corrected chi connectivity index (χ2v) is 2.32. The van der Waals surface area contributed by atoms with Gasteiger partial charge < -0.3 is 0 Å². The Balaban J connectivity index is 2.93. The minimum atomic E-state index is 0.415. The molecule has 1 rings (SSSR count). The average Bonchev–Trinajstić information content (AvgIpc) is 2.05. The van der Waals surface area contributed by atoms with Crippen LogP contribution in [0, 0.1) is 11.3 Å². The van der Waals surface area contributed by atoms with Crippen molar-refractivity contribution in [3.63, 3.8) is 0 Å². The van der Waals surface area contributed by atoms with Gasteiger partial charge >= 0.3 is 0 Å². The number of hydrogen-bond acceptors (Lipinski definition) is 4. The monoisotopic (exact) mass is 151 g/mol. The predicted octanol–water partition coefficient (Wildman–Crippen LogP) is 0.919.